The molecule has 0 bridgehead atoms. The molecule has 0 aliphatic carbocycles. The van der Waals surface area contributed by atoms with Crippen molar-refractivity contribution in [2.75, 3.05) is 12.4 Å². The third kappa shape index (κ3) is 3.43. The maximum atomic E-state index is 5.68. The molecule has 4 heteroatoms. The van der Waals surface area contributed by atoms with Crippen LogP contribution < -0.4 is 14.8 Å². The van der Waals surface area contributed by atoms with Crippen LogP contribution in [0.2, 0.25) is 0 Å². The van der Waals surface area contributed by atoms with Crippen LogP contribution in [0.1, 0.15) is 19.5 Å². The van der Waals surface area contributed by atoms with Gasteiger partial charge in [0, 0.05) is 22.5 Å². The minimum absolute atomic E-state index is 0.170. The first-order valence-corrected chi connectivity index (χ1v) is 8.05. The van der Waals surface area contributed by atoms with E-state index in [1.54, 1.807) is 7.11 Å². The summed E-state index contributed by atoms with van der Waals surface area (Å²) in [5.41, 5.74) is 3.81. The number of methoxy groups -OCH3 is 1. The Morgan fingerprint density at radius 3 is 2.46 bits per heavy atom. The lowest BCUT2D eigenvalue weighted by molar-refractivity contribution is 0.242. The summed E-state index contributed by atoms with van der Waals surface area (Å²) in [6.07, 6.45) is 0.170. The topological polar surface area (TPSA) is 43.4 Å². The number of nitrogens with zero attached hydrogens (tertiary/aromatic N) is 1. The Morgan fingerprint density at radius 1 is 1.04 bits per heavy atom. The van der Waals surface area contributed by atoms with Crippen LogP contribution in [0.5, 0.6) is 11.5 Å². The van der Waals surface area contributed by atoms with Gasteiger partial charge in [-0.2, -0.15) is 0 Å². The Morgan fingerprint density at radius 2 is 1.79 bits per heavy atom. The molecule has 124 valence electrons. The zero-order chi connectivity index (χ0) is 17.1. The number of pyridine rings is 1. The lowest BCUT2D eigenvalue weighted by atomic mass is 10.1. The largest absolute Gasteiger partial charge is 0.494 e. The molecule has 1 N–H and O–H groups in total. The van der Waals surface area contributed by atoms with Crippen LogP contribution in [0.4, 0.5) is 11.4 Å². The van der Waals surface area contributed by atoms with Crippen LogP contribution in [-0.4, -0.2) is 18.2 Å². The van der Waals surface area contributed by atoms with Crippen molar-refractivity contribution in [3.8, 4) is 11.5 Å². The number of aromatic nitrogens is 1. The van der Waals surface area contributed by atoms with E-state index in [9.17, 15) is 0 Å². The number of ether oxygens (including phenoxy) is 2. The molecule has 1 aromatic heterocycles. The molecule has 3 rings (SSSR count). The molecule has 24 heavy (non-hydrogen) atoms. The van der Waals surface area contributed by atoms with E-state index in [0.29, 0.717) is 0 Å². The van der Waals surface area contributed by atoms with E-state index in [0.717, 1.165) is 39.5 Å². The van der Waals surface area contributed by atoms with Gasteiger partial charge in [0.05, 0.1) is 13.2 Å². The van der Waals surface area contributed by atoms with Crippen molar-refractivity contribution < 1.29 is 9.47 Å². The Kier molecular flexibility index (Phi) is 4.56. The highest BCUT2D eigenvalue weighted by atomic mass is 16.5. The molecule has 3 aromatic rings. The van der Waals surface area contributed by atoms with Gasteiger partial charge in [-0.1, -0.05) is 12.1 Å². The molecular weight excluding hydrogens is 300 g/mol. The van der Waals surface area contributed by atoms with Gasteiger partial charge in [-0.25, -0.2) is 4.98 Å². The van der Waals surface area contributed by atoms with E-state index in [2.05, 4.69) is 10.3 Å². The number of para-hydroxylation sites is 1. The predicted octanol–water partition coefficient (Wildman–Crippen LogP) is 5.08. The number of aryl methyl sites for hydroxylation is 1. The number of fused-ring (bicyclic) bond motifs is 1. The SMILES string of the molecule is COc1cccc2c(Nc3ccc(OC(C)C)cc3)cc(C)nc12. The van der Waals surface area contributed by atoms with Crippen molar-refractivity contribution in [3.05, 3.63) is 54.2 Å². The van der Waals surface area contributed by atoms with Crippen molar-refractivity contribution in [1.29, 1.82) is 0 Å². The van der Waals surface area contributed by atoms with Crippen molar-refractivity contribution in [2.45, 2.75) is 26.9 Å². The average molecular weight is 322 g/mol. The number of hydrogen-bond donors (Lipinski definition) is 1. The summed E-state index contributed by atoms with van der Waals surface area (Å²) in [7, 11) is 1.67. The van der Waals surface area contributed by atoms with E-state index in [4.69, 9.17) is 9.47 Å². The van der Waals surface area contributed by atoms with Gasteiger partial charge in [-0.05, 0) is 57.2 Å². The van der Waals surface area contributed by atoms with E-state index in [-0.39, 0.29) is 6.10 Å². The fraction of sp³-hybridized carbons (Fsp3) is 0.250. The molecule has 2 aromatic carbocycles. The second-order valence-electron chi connectivity index (χ2n) is 5.98. The molecule has 0 aliphatic heterocycles. The molecule has 0 unspecified atom stereocenters. The molecule has 0 fully saturated rings. The maximum absolute atomic E-state index is 5.68. The monoisotopic (exact) mass is 322 g/mol. The molecule has 0 radical (unpaired) electrons. The molecule has 0 aliphatic rings. The lowest BCUT2D eigenvalue weighted by Gasteiger charge is -2.14. The highest BCUT2D eigenvalue weighted by Gasteiger charge is 2.09. The fourth-order valence-electron chi connectivity index (χ4n) is 2.66. The van der Waals surface area contributed by atoms with Crippen LogP contribution in [0, 0.1) is 6.92 Å². The average Bonchev–Trinajstić information content (AvgIpc) is 2.55. The number of benzene rings is 2. The van der Waals surface area contributed by atoms with Crippen LogP contribution >= 0.6 is 0 Å². The Hall–Kier alpha value is -2.75. The van der Waals surface area contributed by atoms with Crippen molar-refractivity contribution in [1.82, 2.24) is 4.98 Å². The normalized spacial score (nSPS) is 10.9. The summed E-state index contributed by atoms with van der Waals surface area (Å²) in [5, 5.41) is 4.50. The van der Waals surface area contributed by atoms with Crippen LogP contribution in [-0.2, 0) is 0 Å². The summed E-state index contributed by atoms with van der Waals surface area (Å²) in [6.45, 7) is 6.02. The number of anilines is 2. The molecule has 0 amide bonds. The Bertz CT molecular complexity index is 842. The number of hydrogen-bond acceptors (Lipinski definition) is 4. The van der Waals surface area contributed by atoms with Gasteiger partial charge in [-0.3, -0.25) is 0 Å². The zero-order valence-electron chi connectivity index (χ0n) is 14.5. The first-order chi connectivity index (χ1) is 11.6. The van der Waals surface area contributed by atoms with Gasteiger partial charge in [0.1, 0.15) is 17.0 Å². The number of rotatable bonds is 5. The standard InChI is InChI=1S/C20H22N2O2/c1-13(2)24-16-10-8-15(9-11-16)22-18-12-14(3)21-20-17(18)6-5-7-19(20)23-4/h5-13H,1-4H3,(H,21,22). The summed E-state index contributed by atoms with van der Waals surface area (Å²) < 4.78 is 11.1. The van der Waals surface area contributed by atoms with Gasteiger partial charge in [0.25, 0.3) is 0 Å². The minimum atomic E-state index is 0.170. The summed E-state index contributed by atoms with van der Waals surface area (Å²) in [4.78, 5) is 4.61. The Labute approximate surface area is 142 Å². The van der Waals surface area contributed by atoms with Crippen LogP contribution in [0.25, 0.3) is 10.9 Å². The van der Waals surface area contributed by atoms with E-state index >= 15 is 0 Å². The van der Waals surface area contributed by atoms with Crippen molar-refractivity contribution in [2.24, 2.45) is 0 Å². The third-order valence-electron chi connectivity index (χ3n) is 3.66. The first kappa shape index (κ1) is 16.1. The van der Waals surface area contributed by atoms with Gasteiger partial charge < -0.3 is 14.8 Å². The fourth-order valence-corrected chi connectivity index (χ4v) is 2.66. The van der Waals surface area contributed by atoms with E-state index < -0.39 is 0 Å². The van der Waals surface area contributed by atoms with Crippen molar-refractivity contribution >= 4 is 22.3 Å². The second kappa shape index (κ2) is 6.79. The molecule has 0 saturated heterocycles. The minimum Gasteiger partial charge on any atom is -0.494 e. The Balaban J connectivity index is 1.95. The molecular formula is C20H22N2O2. The maximum Gasteiger partial charge on any atom is 0.145 e. The second-order valence-corrected chi connectivity index (χ2v) is 5.98. The van der Waals surface area contributed by atoms with Crippen molar-refractivity contribution in [3.63, 3.8) is 0 Å². The lowest BCUT2D eigenvalue weighted by Crippen LogP contribution is -2.05. The zero-order valence-corrected chi connectivity index (χ0v) is 14.5. The molecule has 1 heterocycles. The summed E-state index contributed by atoms with van der Waals surface area (Å²) in [5.74, 6) is 1.65. The van der Waals surface area contributed by atoms with Crippen LogP contribution in [0.3, 0.4) is 0 Å². The smallest absolute Gasteiger partial charge is 0.145 e. The van der Waals surface area contributed by atoms with Gasteiger partial charge in [0.15, 0.2) is 0 Å². The summed E-state index contributed by atoms with van der Waals surface area (Å²) >= 11 is 0. The molecule has 4 nitrogen and oxygen atoms in total. The van der Waals surface area contributed by atoms with Crippen LogP contribution in [0.15, 0.2) is 48.5 Å². The molecule has 0 saturated carbocycles. The van der Waals surface area contributed by atoms with Gasteiger partial charge in [0.2, 0.25) is 0 Å². The predicted molar refractivity (Wildman–Crippen MR) is 98.5 cm³/mol. The molecule has 0 spiro atoms. The van der Waals surface area contributed by atoms with Gasteiger partial charge >= 0.3 is 0 Å². The number of nitrogens with one attached hydrogen (secondary N) is 1. The summed E-state index contributed by atoms with van der Waals surface area (Å²) in [6, 6.07) is 16.0. The molecule has 0 atom stereocenters. The van der Waals surface area contributed by atoms with E-state index in [1.807, 2.05) is 69.3 Å². The first-order valence-electron chi connectivity index (χ1n) is 8.05. The highest BCUT2D eigenvalue weighted by Crippen LogP contribution is 2.32. The third-order valence-corrected chi connectivity index (χ3v) is 3.66. The highest BCUT2D eigenvalue weighted by molar-refractivity contribution is 5.96. The quantitative estimate of drug-likeness (QED) is 0.711. The van der Waals surface area contributed by atoms with E-state index in [1.165, 1.54) is 0 Å². The van der Waals surface area contributed by atoms with Gasteiger partial charge in [-0.15, -0.1) is 0 Å².